The van der Waals surface area contributed by atoms with E-state index in [1.54, 1.807) is 6.07 Å². The third-order valence-electron chi connectivity index (χ3n) is 6.21. The monoisotopic (exact) mass is 622 g/mol. The first-order chi connectivity index (χ1) is 19.4. The Morgan fingerprint density at radius 2 is 1.73 bits per heavy atom. The SMILES string of the molecule is O=C(CSc1nnc(-c2cccc([N+](=O)[O-])c2)o1)Nc1ccc(N2CCN(C(=O)c3ccc(Br)cc3)CC2)cc1. The molecule has 0 atom stereocenters. The number of benzene rings is 3. The number of piperazine rings is 1. The van der Waals surface area contributed by atoms with Gasteiger partial charge < -0.3 is 19.5 Å². The first-order valence-electron chi connectivity index (χ1n) is 12.3. The van der Waals surface area contributed by atoms with Crippen LogP contribution in [0.2, 0.25) is 0 Å². The Hall–Kier alpha value is -4.23. The summed E-state index contributed by atoms with van der Waals surface area (Å²) >= 11 is 4.46. The van der Waals surface area contributed by atoms with Gasteiger partial charge in [0.25, 0.3) is 16.8 Å². The second-order valence-corrected chi connectivity index (χ2v) is 10.7. The maximum absolute atomic E-state index is 12.8. The van der Waals surface area contributed by atoms with E-state index in [0.29, 0.717) is 43.0 Å². The molecule has 3 aromatic carbocycles. The number of nitrogens with zero attached hydrogens (tertiary/aromatic N) is 5. The van der Waals surface area contributed by atoms with Gasteiger partial charge in [-0.25, -0.2) is 0 Å². The van der Waals surface area contributed by atoms with E-state index >= 15 is 0 Å². The van der Waals surface area contributed by atoms with Crippen molar-refractivity contribution in [3.8, 4) is 11.5 Å². The van der Waals surface area contributed by atoms with Crippen molar-refractivity contribution in [2.45, 2.75) is 5.22 Å². The lowest BCUT2D eigenvalue weighted by Crippen LogP contribution is -2.48. The molecular weight excluding hydrogens is 600 g/mol. The van der Waals surface area contributed by atoms with E-state index < -0.39 is 4.92 Å². The molecule has 0 unspecified atom stereocenters. The van der Waals surface area contributed by atoms with Crippen molar-refractivity contribution in [2.24, 2.45) is 0 Å². The predicted molar refractivity (Wildman–Crippen MR) is 154 cm³/mol. The summed E-state index contributed by atoms with van der Waals surface area (Å²) in [6.07, 6.45) is 0. The van der Waals surface area contributed by atoms with Crippen LogP contribution in [-0.2, 0) is 4.79 Å². The molecule has 5 rings (SSSR count). The summed E-state index contributed by atoms with van der Waals surface area (Å²) in [6.45, 7) is 2.69. The number of hydrogen-bond donors (Lipinski definition) is 1. The van der Waals surface area contributed by atoms with Gasteiger partial charge in [0.1, 0.15) is 0 Å². The van der Waals surface area contributed by atoms with Crippen molar-refractivity contribution in [2.75, 3.05) is 42.1 Å². The zero-order valence-corrected chi connectivity index (χ0v) is 23.4. The number of nitro groups is 1. The summed E-state index contributed by atoms with van der Waals surface area (Å²) in [4.78, 5) is 39.8. The zero-order chi connectivity index (χ0) is 28.1. The third kappa shape index (κ3) is 6.66. The van der Waals surface area contributed by atoms with Gasteiger partial charge in [0.15, 0.2) is 0 Å². The molecule has 2 amide bonds. The highest BCUT2D eigenvalue weighted by Gasteiger charge is 2.22. The van der Waals surface area contributed by atoms with Gasteiger partial charge in [-0.1, -0.05) is 33.8 Å². The van der Waals surface area contributed by atoms with E-state index in [0.717, 1.165) is 21.9 Å². The third-order valence-corrected chi connectivity index (χ3v) is 7.56. The zero-order valence-electron chi connectivity index (χ0n) is 21.0. The van der Waals surface area contributed by atoms with Crippen LogP contribution >= 0.6 is 27.7 Å². The summed E-state index contributed by atoms with van der Waals surface area (Å²) in [6, 6.07) is 20.8. The molecule has 204 valence electrons. The van der Waals surface area contributed by atoms with Crippen molar-refractivity contribution in [3.05, 3.63) is 92.9 Å². The van der Waals surface area contributed by atoms with Crippen LogP contribution < -0.4 is 10.2 Å². The largest absolute Gasteiger partial charge is 0.411 e. The molecule has 0 saturated carbocycles. The molecule has 13 heteroatoms. The molecule has 1 N–H and O–H groups in total. The Kier molecular flexibility index (Phi) is 8.41. The minimum absolute atomic E-state index is 0.0314. The fourth-order valence-corrected chi connectivity index (χ4v) is 4.99. The summed E-state index contributed by atoms with van der Waals surface area (Å²) in [5.74, 6) is -0.0235. The summed E-state index contributed by atoms with van der Waals surface area (Å²) < 4.78 is 6.48. The molecule has 2 heterocycles. The molecule has 1 aliphatic rings. The molecule has 1 aromatic heterocycles. The van der Waals surface area contributed by atoms with E-state index in [9.17, 15) is 19.7 Å². The topological polar surface area (TPSA) is 135 Å². The van der Waals surface area contributed by atoms with E-state index in [4.69, 9.17) is 4.42 Å². The average Bonchev–Trinajstić information content (AvgIpc) is 3.46. The molecule has 1 saturated heterocycles. The number of anilines is 2. The second kappa shape index (κ2) is 12.3. The van der Waals surface area contributed by atoms with Gasteiger partial charge >= 0.3 is 0 Å². The minimum atomic E-state index is -0.499. The lowest BCUT2D eigenvalue weighted by molar-refractivity contribution is -0.384. The Labute approximate surface area is 241 Å². The number of rotatable bonds is 8. The number of non-ortho nitro benzene ring substituents is 1. The van der Waals surface area contributed by atoms with Gasteiger partial charge in [0.2, 0.25) is 11.8 Å². The normalized spacial score (nSPS) is 13.2. The van der Waals surface area contributed by atoms with Crippen molar-refractivity contribution in [3.63, 3.8) is 0 Å². The Balaban J connectivity index is 1.09. The van der Waals surface area contributed by atoms with Crippen LogP contribution in [0.3, 0.4) is 0 Å². The Morgan fingerprint density at radius 3 is 2.42 bits per heavy atom. The first-order valence-corrected chi connectivity index (χ1v) is 14.0. The number of carbonyl (C=O) groups is 2. The van der Waals surface area contributed by atoms with Crippen LogP contribution in [0.1, 0.15) is 10.4 Å². The number of nitrogens with one attached hydrogen (secondary N) is 1. The van der Waals surface area contributed by atoms with Crippen LogP contribution in [0, 0.1) is 10.1 Å². The van der Waals surface area contributed by atoms with Gasteiger partial charge in [0.05, 0.1) is 10.7 Å². The van der Waals surface area contributed by atoms with Gasteiger partial charge in [-0.2, -0.15) is 0 Å². The summed E-state index contributed by atoms with van der Waals surface area (Å²) in [7, 11) is 0. The van der Waals surface area contributed by atoms with Crippen molar-refractivity contribution in [1.82, 2.24) is 15.1 Å². The highest BCUT2D eigenvalue weighted by Crippen LogP contribution is 2.26. The molecule has 4 aromatic rings. The summed E-state index contributed by atoms with van der Waals surface area (Å²) in [5.41, 5.74) is 2.70. The molecule has 40 heavy (non-hydrogen) atoms. The molecule has 0 bridgehead atoms. The number of hydrogen-bond acceptors (Lipinski definition) is 9. The van der Waals surface area contributed by atoms with Crippen LogP contribution in [-0.4, -0.2) is 63.8 Å². The smallest absolute Gasteiger partial charge is 0.277 e. The first kappa shape index (κ1) is 27.3. The minimum Gasteiger partial charge on any atom is -0.411 e. The van der Waals surface area contributed by atoms with Gasteiger partial charge in [-0.15, -0.1) is 10.2 Å². The van der Waals surface area contributed by atoms with Crippen molar-refractivity contribution in [1.29, 1.82) is 0 Å². The highest BCUT2D eigenvalue weighted by molar-refractivity contribution is 9.10. The number of halogens is 1. The maximum atomic E-state index is 12.8. The molecule has 1 aliphatic heterocycles. The standard InChI is InChI=1S/C27H23BrN6O5S/c28-20-6-4-18(5-7-20)26(36)33-14-12-32(13-15-33)22-10-8-21(9-11-22)29-24(35)17-40-27-31-30-25(39-27)19-2-1-3-23(16-19)34(37)38/h1-11,16H,12-15,17H2,(H,29,35). The quantitative estimate of drug-likeness (QED) is 0.162. The van der Waals surface area contributed by atoms with E-state index in [-0.39, 0.29) is 34.4 Å². The second-order valence-electron chi connectivity index (χ2n) is 8.85. The molecule has 0 spiro atoms. The number of thioether (sulfide) groups is 1. The number of carbonyl (C=O) groups excluding carboxylic acids is 2. The number of aromatic nitrogens is 2. The van der Waals surface area contributed by atoms with Crippen LogP contribution in [0.5, 0.6) is 0 Å². The van der Waals surface area contributed by atoms with Crippen molar-refractivity contribution >= 4 is 56.6 Å². The molecule has 0 radical (unpaired) electrons. The van der Waals surface area contributed by atoms with Crippen LogP contribution in [0.4, 0.5) is 17.1 Å². The van der Waals surface area contributed by atoms with E-state index in [1.807, 2.05) is 53.4 Å². The van der Waals surface area contributed by atoms with E-state index in [1.165, 1.54) is 18.2 Å². The van der Waals surface area contributed by atoms with Gasteiger partial charge in [0, 0.05) is 65.3 Å². The fourth-order valence-electron chi connectivity index (χ4n) is 4.16. The van der Waals surface area contributed by atoms with Gasteiger partial charge in [-0.3, -0.25) is 19.7 Å². The number of amides is 2. The van der Waals surface area contributed by atoms with Gasteiger partial charge in [-0.05, 0) is 54.6 Å². The molecular formula is C27H23BrN6O5S. The summed E-state index contributed by atoms with van der Waals surface area (Å²) in [5, 5.41) is 21.8. The predicted octanol–water partition coefficient (Wildman–Crippen LogP) is 5.10. The maximum Gasteiger partial charge on any atom is 0.277 e. The molecule has 1 fully saturated rings. The molecule has 0 aliphatic carbocycles. The number of nitro benzene ring substituents is 1. The average molecular weight is 623 g/mol. The fraction of sp³-hybridized carbons (Fsp3) is 0.185. The Bertz CT molecular complexity index is 1520. The Morgan fingerprint density at radius 1 is 1.00 bits per heavy atom. The van der Waals surface area contributed by atoms with Crippen LogP contribution in [0.25, 0.3) is 11.5 Å². The lowest BCUT2D eigenvalue weighted by atomic mass is 10.1. The van der Waals surface area contributed by atoms with E-state index in [2.05, 4.69) is 36.3 Å². The van der Waals surface area contributed by atoms with Crippen molar-refractivity contribution < 1.29 is 18.9 Å². The van der Waals surface area contributed by atoms with Crippen LogP contribution in [0.15, 0.2) is 86.9 Å². The lowest BCUT2D eigenvalue weighted by Gasteiger charge is -2.36. The highest BCUT2D eigenvalue weighted by atomic mass is 79.9. The molecule has 11 nitrogen and oxygen atoms in total.